The molecule has 0 saturated carbocycles. The molecular weight excluding hydrogens is 562 g/mol. The van der Waals surface area contributed by atoms with Crippen LogP contribution in [0.3, 0.4) is 0 Å². The van der Waals surface area contributed by atoms with E-state index in [2.05, 4.69) is 0 Å². The molecule has 0 radical (unpaired) electrons. The quantitative estimate of drug-likeness (QED) is 0.190. The Bertz CT molecular complexity index is 1790. The van der Waals surface area contributed by atoms with E-state index in [9.17, 15) is 14.7 Å². The number of aliphatic carboxylic acids is 1. The molecular formula is C38H35N3O4. The van der Waals surface area contributed by atoms with E-state index in [0.717, 1.165) is 33.0 Å². The molecule has 5 aromatic rings. The van der Waals surface area contributed by atoms with Crippen molar-refractivity contribution in [2.24, 2.45) is 0 Å². The number of urea groups is 1. The Morgan fingerprint density at radius 3 is 1.73 bits per heavy atom. The molecule has 0 spiro atoms. The minimum atomic E-state index is -1.38. The third-order valence-corrected chi connectivity index (χ3v) is 8.58. The summed E-state index contributed by atoms with van der Waals surface area (Å²) in [5, 5.41) is 12.7. The Balaban J connectivity index is 1.45. The molecule has 1 N–H and O–H groups in total. The van der Waals surface area contributed by atoms with Crippen molar-refractivity contribution >= 4 is 28.7 Å². The second-order valence-corrected chi connectivity index (χ2v) is 11.4. The summed E-state index contributed by atoms with van der Waals surface area (Å²) in [4.78, 5) is 46.7. The second-order valence-electron chi connectivity index (χ2n) is 11.4. The van der Waals surface area contributed by atoms with Gasteiger partial charge in [-0.25, -0.2) is 9.59 Å². The minimum Gasteiger partial charge on any atom is -0.480 e. The third kappa shape index (κ3) is 6.15. The number of nitrogens with zero attached hydrogens (tertiary/aromatic N) is 3. The molecule has 3 atom stereocenters. The van der Waals surface area contributed by atoms with Crippen molar-refractivity contribution in [2.75, 3.05) is 0 Å². The number of hydrogen-bond acceptors (Lipinski definition) is 3. The van der Waals surface area contributed by atoms with Gasteiger partial charge in [-0.3, -0.25) is 4.79 Å². The first-order chi connectivity index (χ1) is 21.9. The fourth-order valence-electron chi connectivity index (χ4n) is 6.31. The Hall–Kier alpha value is -5.43. The van der Waals surface area contributed by atoms with Gasteiger partial charge in [0.1, 0.15) is 6.04 Å². The summed E-state index contributed by atoms with van der Waals surface area (Å²) in [6, 6.07) is 38.8. The van der Waals surface area contributed by atoms with Crippen LogP contribution in [0.4, 0.5) is 4.79 Å². The fraction of sp³-hybridized carbons (Fsp3) is 0.184. The molecule has 1 fully saturated rings. The lowest BCUT2D eigenvalue weighted by Gasteiger charge is -2.35. The highest BCUT2D eigenvalue weighted by Crippen LogP contribution is 2.34. The highest BCUT2D eigenvalue weighted by atomic mass is 16.4. The van der Waals surface area contributed by atoms with Gasteiger partial charge in [0.25, 0.3) is 0 Å². The van der Waals surface area contributed by atoms with Crippen LogP contribution in [0.1, 0.15) is 35.2 Å². The van der Waals surface area contributed by atoms with Gasteiger partial charge in [0.15, 0.2) is 6.04 Å². The summed E-state index contributed by atoms with van der Waals surface area (Å²) in [6.45, 7) is 2.40. The number of amides is 3. The molecule has 7 nitrogen and oxygen atoms in total. The molecule has 1 heterocycles. The van der Waals surface area contributed by atoms with Crippen molar-refractivity contribution < 1.29 is 19.5 Å². The smallest absolute Gasteiger partial charge is 0.329 e. The molecule has 1 unspecified atom stereocenters. The molecule has 7 heteroatoms. The van der Waals surface area contributed by atoms with Gasteiger partial charge in [0.2, 0.25) is 5.91 Å². The highest BCUT2D eigenvalue weighted by molar-refractivity contribution is 5.99. The molecule has 0 bridgehead atoms. The number of rotatable bonds is 10. The summed E-state index contributed by atoms with van der Waals surface area (Å²) < 4.78 is 0. The summed E-state index contributed by atoms with van der Waals surface area (Å²) >= 11 is 0. The number of carbonyl (C=O) groups is 3. The van der Waals surface area contributed by atoms with Crippen LogP contribution in [-0.4, -0.2) is 49.8 Å². The SMILES string of the molecule is CC(c1cccc2ccccc12)N(Cc1ccccc1)C(=O)[C@H]1[C@@H](C(=O)O)N(Cc2ccccc2)C(=O)N1Cc1ccccc1. The Morgan fingerprint density at radius 2 is 1.16 bits per heavy atom. The first-order valence-corrected chi connectivity index (χ1v) is 15.1. The maximum atomic E-state index is 15.0. The van der Waals surface area contributed by atoms with E-state index in [1.165, 1.54) is 9.80 Å². The van der Waals surface area contributed by atoms with Crippen LogP contribution in [-0.2, 0) is 29.2 Å². The predicted octanol–water partition coefficient (Wildman–Crippen LogP) is 6.89. The van der Waals surface area contributed by atoms with Crippen molar-refractivity contribution in [2.45, 2.75) is 44.7 Å². The van der Waals surface area contributed by atoms with Gasteiger partial charge < -0.3 is 19.8 Å². The minimum absolute atomic E-state index is 0.0727. The van der Waals surface area contributed by atoms with Gasteiger partial charge in [-0.2, -0.15) is 0 Å². The first kappa shape index (κ1) is 29.6. The van der Waals surface area contributed by atoms with E-state index in [0.29, 0.717) is 0 Å². The van der Waals surface area contributed by atoms with E-state index in [1.807, 2.05) is 140 Å². The molecule has 6 rings (SSSR count). The second kappa shape index (κ2) is 13.1. The van der Waals surface area contributed by atoms with Crippen molar-refractivity contribution in [3.05, 3.63) is 156 Å². The summed E-state index contributed by atoms with van der Waals surface area (Å²) in [5.74, 6) is -1.63. The average Bonchev–Trinajstić information content (AvgIpc) is 3.34. The molecule has 5 aromatic carbocycles. The largest absolute Gasteiger partial charge is 0.480 e. The average molecular weight is 598 g/mol. The monoisotopic (exact) mass is 597 g/mol. The van der Waals surface area contributed by atoms with Crippen molar-refractivity contribution in [1.29, 1.82) is 0 Å². The molecule has 226 valence electrons. The molecule has 0 aliphatic carbocycles. The maximum absolute atomic E-state index is 15.0. The van der Waals surface area contributed by atoms with E-state index in [4.69, 9.17) is 0 Å². The van der Waals surface area contributed by atoms with Gasteiger partial charge in [-0.05, 0) is 39.9 Å². The summed E-state index contributed by atoms with van der Waals surface area (Å²) in [7, 11) is 0. The Morgan fingerprint density at radius 1 is 0.667 bits per heavy atom. The zero-order valence-electron chi connectivity index (χ0n) is 25.1. The number of benzene rings is 5. The van der Waals surface area contributed by atoms with E-state index in [-0.39, 0.29) is 19.6 Å². The Labute approximate surface area is 262 Å². The molecule has 1 aliphatic heterocycles. The number of fused-ring (bicyclic) bond motifs is 1. The molecule has 1 aliphatic rings. The molecule has 45 heavy (non-hydrogen) atoms. The zero-order chi connectivity index (χ0) is 31.3. The van der Waals surface area contributed by atoms with E-state index in [1.54, 1.807) is 4.90 Å². The number of carboxylic acid groups (broad SMARTS) is 1. The van der Waals surface area contributed by atoms with E-state index < -0.39 is 36.0 Å². The van der Waals surface area contributed by atoms with Crippen molar-refractivity contribution in [3.8, 4) is 0 Å². The third-order valence-electron chi connectivity index (χ3n) is 8.58. The topological polar surface area (TPSA) is 81.2 Å². The number of carbonyl (C=O) groups excluding carboxylic acids is 2. The van der Waals surface area contributed by atoms with Crippen LogP contribution in [0, 0.1) is 0 Å². The summed E-state index contributed by atoms with van der Waals surface area (Å²) in [6.07, 6.45) is 0. The van der Waals surface area contributed by atoms with Crippen LogP contribution in [0.5, 0.6) is 0 Å². The summed E-state index contributed by atoms with van der Waals surface area (Å²) in [5.41, 5.74) is 3.45. The lowest BCUT2D eigenvalue weighted by molar-refractivity contribution is -0.149. The van der Waals surface area contributed by atoms with Crippen LogP contribution in [0.2, 0.25) is 0 Å². The predicted molar refractivity (Wildman–Crippen MR) is 174 cm³/mol. The van der Waals surface area contributed by atoms with Crippen molar-refractivity contribution in [3.63, 3.8) is 0 Å². The van der Waals surface area contributed by atoms with Gasteiger partial charge in [0, 0.05) is 19.6 Å². The lowest BCUT2D eigenvalue weighted by Crippen LogP contribution is -2.53. The van der Waals surface area contributed by atoms with Gasteiger partial charge in [-0.1, -0.05) is 133 Å². The molecule has 0 aromatic heterocycles. The van der Waals surface area contributed by atoms with Gasteiger partial charge >= 0.3 is 12.0 Å². The molecule has 1 saturated heterocycles. The van der Waals surface area contributed by atoms with Crippen molar-refractivity contribution in [1.82, 2.24) is 14.7 Å². The zero-order valence-corrected chi connectivity index (χ0v) is 25.1. The van der Waals surface area contributed by atoms with Crippen LogP contribution < -0.4 is 0 Å². The number of carboxylic acids is 1. The van der Waals surface area contributed by atoms with Gasteiger partial charge in [0.05, 0.1) is 6.04 Å². The molecule has 3 amide bonds. The van der Waals surface area contributed by atoms with E-state index >= 15 is 4.79 Å². The normalized spacial score (nSPS) is 17.0. The Kier molecular flexibility index (Phi) is 8.60. The highest BCUT2D eigenvalue weighted by Gasteiger charge is 2.54. The van der Waals surface area contributed by atoms with Crippen LogP contribution in [0.25, 0.3) is 10.8 Å². The van der Waals surface area contributed by atoms with Crippen LogP contribution in [0.15, 0.2) is 133 Å². The number of hydrogen-bond donors (Lipinski definition) is 1. The standard InChI is InChI=1S/C38H35N3O4/c1-27(32-23-13-21-31-20-11-12-22-33(31)32)39(24-28-14-5-2-6-15-28)36(42)34-35(37(43)44)41(26-30-18-9-4-10-19-30)38(45)40(34)25-29-16-7-3-8-17-29/h2-23,27,34-35H,24-26H2,1H3,(H,43,44)/t27?,34-,35+/m1/s1. The van der Waals surface area contributed by atoms with Gasteiger partial charge in [-0.15, -0.1) is 0 Å². The lowest BCUT2D eigenvalue weighted by atomic mass is 9.96. The fourth-order valence-corrected chi connectivity index (χ4v) is 6.31. The maximum Gasteiger partial charge on any atom is 0.329 e. The van der Waals surface area contributed by atoms with Crippen LogP contribution >= 0.6 is 0 Å². The first-order valence-electron chi connectivity index (χ1n) is 15.1.